The first-order valence-electron chi connectivity index (χ1n) is 6.67. The van der Waals surface area contributed by atoms with E-state index in [4.69, 9.17) is 11.6 Å². The molecule has 0 unspecified atom stereocenters. The minimum atomic E-state index is -0.144. The molecule has 21 heavy (non-hydrogen) atoms. The smallest absolute Gasteiger partial charge is 0.255 e. The van der Waals surface area contributed by atoms with Crippen LogP contribution in [0.15, 0.2) is 42.6 Å². The van der Waals surface area contributed by atoms with Crippen molar-refractivity contribution in [3.63, 3.8) is 0 Å². The molecule has 0 saturated heterocycles. The van der Waals surface area contributed by atoms with Crippen LogP contribution < -0.4 is 10.2 Å². The summed E-state index contributed by atoms with van der Waals surface area (Å²) < 4.78 is 0. The van der Waals surface area contributed by atoms with Gasteiger partial charge in [0.1, 0.15) is 5.82 Å². The maximum absolute atomic E-state index is 12.4. The van der Waals surface area contributed by atoms with Crippen LogP contribution in [0.1, 0.15) is 28.9 Å². The van der Waals surface area contributed by atoms with Gasteiger partial charge in [0.25, 0.3) is 5.91 Å². The van der Waals surface area contributed by atoms with Crippen molar-refractivity contribution in [2.75, 3.05) is 19.0 Å². The third-order valence-electron chi connectivity index (χ3n) is 3.17. The fourth-order valence-corrected chi connectivity index (χ4v) is 2.17. The predicted molar refractivity (Wildman–Crippen MR) is 85.9 cm³/mol. The first-order valence-corrected chi connectivity index (χ1v) is 7.05. The second-order valence-electron chi connectivity index (χ2n) is 5.02. The fraction of sp³-hybridized carbons (Fsp3) is 0.250. The Labute approximate surface area is 129 Å². The summed E-state index contributed by atoms with van der Waals surface area (Å²) in [5.74, 6) is 0.507. The zero-order valence-corrected chi connectivity index (χ0v) is 13.1. The lowest BCUT2D eigenvalue weighted by molar-refractivity contribution is 0.0940. The lowest BCUT2D eigenvalue weighted by atomic mass is 10.1. The molecule has 5 heteroatoms. The summed E-state index contributed by atoms with van der Waals surface area (Å²) >= 11 is 5.87. The zero-order chi connectivity index (χ0) is 15.4. The average molecular weight is 304 g/mol. The first kappa shape index (κ1) is 15.3. The Kier molecular flexibility index (Phi) is 4.81. The van der Waals surface area contributed by atoms with Crippen molar-refractivity contribution in [2.45, 2.75) is 13.0 Å². The number of anilines is 1. The number of nitrogens with zero attached hydrogens (tertiary/aromatic N) is 2. The van der Waals surface area contributed by atoms with Crippen LogP contribution in [0.2, 0.25) is 5.02 Å². The van der Waals surface area contributed by atoms with Crippen molar-refractivity contribution in [1.82, 2.24) is 10.3 Å². The Balaban J connectivity index is 2.16. The van der Waals surface area contributed by atoms with Crippen molar-refractivity contribution in [3.05, 3.63) is 58.7 Å². The number of pyridine rings is 1. The molecule has 2 aromatic rings. The highest BCUT2D eigenvalue weighted by Gasteiger charge is 2.16. The molecule has 0 aliphatic carbocycles. The normalized spacial score (nSPS) is 11.8. The Hall–Kier alpha value is -2.07. The van der Waals surface area contributed by atoms with Gasteiger partial charge >= 0.3 is 0 Å². The molecule has 1 heterocycles. The first-order chi connectivity index (χ1) is 9.99. The van der Waals surface area contributed by atoms with Crippen molar-refractivity contribution < 1.29 is 4.79 Å². The summed E-state index contributed by atoms with van der Waals surface area (Å²) in [7, 11) is 3.73. The van der Waals surface area contributed by atoms with Gasteiger partial charge < -0.3 is 10.2 Å². The SMILES string of the molecule is C[C@H](NC(=O)c1cccnc1N(C)C)c1ccc(Cl)cc1. The van der Waals surface area contributed by atoms with Crippen molar-refractivity contribution >= 4 is 23.3 Å². The second kappa shape index (κ2) is 6.59. The van der Waals surface area contributed by atoms with Crippen molar-refractivity contribution in [2.24, 2.45) is 0 Å². The summed E-state index contributed by atoms with van der Waals surface area (Å²) in [5, 5.41) is 3.66. The number of rotatable bonds is 4. The summed E-state index contributed by atoms with van der Waals surface area (Å²) in [6, 6.07) is 10.9. The average Bonchev–Trinajstić information content (AvgIpc) is 2.47. The largest absolute Gasteiger partial charge is 0.362 e. The van der Waals surface area contributed by atoms with Gasteiger partial charge in [-0.05, 0) is 36.8 Å². The molecule has 0 saturated carbocycles. The van der Waals surface area contributed by atoms with Crippen LogP contribution >= 0.6 is 11.6 Å². The molecule has 0 spiro atoms. The Bertz CT molecular complexity index is 626. The topological polar surface area (TPSA) is 45.2 Å². The van der Waals surface area contributed by atoms with E-state index in [1.54, 1.807) is 18.3 Å². The number of hydrogen-bond acceptors (Lipinski definition) is 3. The highest BCUT2D eigenvalue weighted by Crippen LogP contribution is 2.19. The van der Waals surface area contributed by atoms with Crippen LogP contribution in [0, 0.1) is 0 Å². The summed E-state index contributed by atoms with van der Waals surface area (Å²) in [5.41, 5.74) is 1.56. The van der Waals surface area contributed by atoms with Gasteiger partial charge in [0.2, 0.25) is 0 Å². The van der Waals surface area contributed by atoms with E-state index in [0.29, 0.717) is 16.4 Å². The van der Waals surface area contributed by atoms with E-state index in [-0.39, 0.29) is 11.9 Å². The molecular weight excluding hydrogens is 286 g/mol. The molecule has 1 N–H and O–H groups in total. The van der Waals surface area contributed by atoms with E-state index in [1.807, 2.05) is 50.2 Å². The van der Waals surface area contributed by atoms with Gasteiger partial charge in [-0.15, -0.1) is 0 Å². The molecular formula is C16H18ClN3O. The van der Waals surface area contributed by atoms with Crippen LogP contribution in [-0.4, -0.2) is 25.0 Å². The van der Waals surface area contributed by atoms with Gasteiger partial charge in [-0.2, -0.15) is 0 Å². The maximum Gasteiger partial charge on any atom is 0.255 e. The molecule has 110 valence electrons. The summed E-state index contributed by atoms with van der Waals surface area (Å²) in [6.07, 6.45) is 1.68. The Morgan fingerprint density at radius 1 is 1.24 bits per heavy atom. The van der Waals surface area contributed by atoms with Crippen LogP contribution in [0.25, 0.3) is 0 Å². The van der Waals surface area contributed by atoms with Crippen LogP contribution in [0.3, 0.4) is 0 Å². The third-order valence-corrected chi connectivity index (χ3v) is 3.42. The molecule has 4 nitrogen and oxygen atoms in total. The van der Waals surface area contributed by atoms with Gasteiger partial charge in [-0.25, -0.2) is 4.98 Å². The van der Waals surface area contributed by atoms with E-state index in [0.717, 1.165) is 5.56 Å². The number of aromatic nitrogens is 1. The second-order valence-corrected chi connectivity index (χ2v) is 5.45. The number of nitrogens with one attached hydrogen (secondary N) is 1. The predicted octanol–water partition coefficient (Wildman–Crippen LogP) is 3.29. The van der Waals surface area contributed by atoms with Gasteiger partial charge in [-0.3, -0.25) is 4.79 Å². The van der Waals surface area contributed by atoms with Gasteiger partial charge in [-0.1, -0.05) is 23.7 Å². The van der Waals surface area contributed by atoms with Crippen molar-refractivity contribution in [3.8, 4) is 0 Å². The Morgan fingerprint density at radius 3 is 2.52 bits per heavy atom. The minimum Gasteiger partial charge on any atom is -0.362 e. The Morgan fingerprint density at radius 2 is 1.90 bits per heavy atom. The van der Waals surface area contributed by atoms with E-state index in [2.05, 4.69) is 10.3 Å². The summed E-state index contributed by atoms with van der Waals surface area (Å²) in [6.45, 7) is 1.94. The molecule has 1 aromatic heterocycles. The molecule has 0 bridgehead atoms. The van der Waals surface area contributed by atoms with E-state index < -0.39 is 0 Å². The van der Waals surface area contributed by atoms with Gasteiger partial charge in [0.15, 0.2) is 0 Å². The molecule has 1 atom stereocenters. The van der Waals surface area contributed by atoms with Gasteiger partial charge in [0.05, 0.1) is 11.6 Å². The van der Waals surface area contributed by atoms with Crippen LogP contribution in [-0.2, 0) is 0 Å². The highest BCUT2D eigenvalue weighted by molar-refractivity contribution is 6.30. The maximum atomic E-state index is 12.4. The number of benzene rings is 1. The zero-order valence-electron chi connectivity index (χ0n) is 12.3. The lowest BCUT2D eigenvalue weighted by Crippen LogP contribution is -2.28. The lowest BCUT2D eigenvalue weighted by Gasteiger charge is -2.18. The standard InChI is InChI=1S/C16H18ClN3O/c1-11(12-6-8-13(17)9-7-12)19-16(21)14-5-4-10-18-15(14)20(2)3/h4-11H,1-3H3,(H,19,21)/t11-/m0/s1. The molecule has 1 aromatic carbocycles. The molecule has 0 fully saturated rings. The number of carbonyl (C=O) groups excluding carboxylic acids is 1. The number of carbonyl (C=O) groups is 1. The van der Waals surface area contributed by atoms with Crippen LogP contribution in [0.5, 0.6) is 0 Å². The van der Waals surface area contributed by atoms with Gasteiger partial charge in [0, 0.05) is 25.3 Å². The molecule has 0 aliphatic heterocycles. The van der Waals surface area contributed by atoms with E-state index in [9.17, 15) is 4.79 Å². The quantitative estimate of drug-likeness (QED) is 0.942. The fourth-order valence-electron chi connectivity index (χ4n) is 2.04. The number of amides is 1. The minimum absolute atomic E-state index is 0.106. The number of halogens is 1. The molecule has 0 radical (unpaired) electrons. The van der Waals surface area contributed by atoms with E-state index in [1.165, 1.54) is 0 Å². The summed E-state index contributed by atoms with van der Waals surface area (Å²) in [4.78, 5) is 18.5. The third kappa shape index (κ3) is 3.73. The molecule has 2 rings (SSSR count). The van der Waals surface area contributed by atoms with E-state index >= 15 is 0 Å². The number of hydrogen-bond donors (Lipinski definition) is 1. The van der Waals surface area contributed by atoms with Crippen LogP contribution in [0.4, 0.5) is 5.82 Å². The molecule has 0 aliphatic rings. The monoisotopic (exact) mass is 303 g/mol. The highest BCUT2D eigenvalue weighted by atomic mass is 35.5. The molecule has 1 amide bonds. The van der Waals surface area contributed by atoms with Crippen molar-refractivity contribution in [1.29, 1.82) is 0 Å².